The van der Waals surface area contributed by atoms with Crippen LogP contribution in [-0.4, -0.2) is 0 Å². The van der Waals surface area contributed by atoms with Crippen molar-refractivity contribution in [1.82, 2.24) is 0 Å². The van der Waals surface area contributed by atoms with Crippen LogP contribution in [0.5, 0.6) is 0 Å². The molecule has 0 aromatic heterocycles. The molecule has 9 aromatic carbocycles. The molecule has 0 saturated carbocycles. The highest BCUT2D eigenvalue weighted by Crippen LogP contribution is 2.50. The Hall–Kier alpha value is -6.12. The number of nitrogens with zero attached hydrogens (tertiary/aromatic N) is 2. The summed E-state index contributed by atoms with van der Waals surface area (Å²) in [6.07, 6.45) is 3.86. The molecule has 0 amide bonds. The van der Waals surface area contributed by atoms with Crippen molar-refractivity contribution in [2.45, 2.75) is 53.4 Å². The molecule has 9 rings (SSSR count). The minimum absolute atomic E-state index is 0.966. The Labute approximate surface area is 319 Å². The van der Waals surface area contributed by atoms with Gasteiger partial charge >= 0.3 is 0 Å². The summed E-state index contributed by atoms with van der Waals surface area (Å²) in [6, 6.07) is 58.8. The van der Waals surface area contributed by atoms with Crippen molar-refractivity contribution >= 4 is 77.2 Å². The highest BCUT2D eigenvalue weighted by Gasteiger charge is 2.25. The van der Waals surface area contributed by atoms with Gasteiger partial charge in [0.2, 0.25) is 0 Å². The summed E-state index contributed by atoms with van der Waals surface area (Å²) in [6.45, 7) is 9.09. The van der Waals surface area contributed by atoms with E-state index in [-0.39, 0.29) is 0 Å². The van der Waals surface area contributed by atoms with Gasteiger partial charge in [-0.2, -0.15) is 0 Å². The van der Waals surface area contributed by atoms with Crippen LogP contribution < -0.4 is 9.80 Å². The molecule has 0 spiro atoms. The summed E-state index contributed by atoms with van der Waals surface area (Å²) in [4.78, 5) is 5.04. The standard InChI is InChI=1S/C52H46N2/c1-5-35-19-15-20-36(6-2)51(35)53(39-23-11-9-12-24-39)47-33-31-43-42-28-18-30-46-48(34-32-44(50(42)46)41-27-17-29-45(47)49(41)43)54(40-25-13-10-14-26-40)52-37(7-3)21-16-22-38(52)8-4/h9-34H,5-8H2,1-4H3. The Kier molecular flexibility index (Phi) is 8.75. The lowest BCUT2D eigenvalue weighted by Crippen LogP contribution is -2.15. The van der Waals surface area contributed by atoms with Crippen LogP contribution in [0.3, 0.4) is 0 Å². The third kappa shape index (κ3) is 5.31. The van der Waals surface area contributed by atoms with Crippen LogP contribution in [0.25, 0.3) is 43.1 Å². The summed E-state index contributed by atoms with van der Waals surface area (Å²) in [5.74, 6) is 0. The number of aryl methyl sites for hydroxylation is 4. The first-order chi connectivity index (χ1) is 26.7. The van der Waals surface area contributed by atoms with Gasteiger partial charge in [-0.3, -0.25) is 0 Å². The van der Waals surface area contributed by atoms with Crippen LogP contribution in [-0.2, 0) is 25.7 Å². The van der Waals surface area contributed by atoms with E-state index in [4.69, 9.17) is 0 Å². The molecule has 0 atom stereocenters. The Morgan fingerprint density at radius 1 is 0.296 bits per heavy atom. The van der Waals surface area contributed by atoms with E-state index in [1.165, 1.54) is 99.5 Å². The molecule has 0 unspecified atom stereocenters. The first-order valence-electron chi connectivity index (χ1n) is 19.7. The van der Waals surface area contributed by atoms with E-state index in [0.717, 1.165) is 25.7 Å². The van der Waals surface area contributed by atoms with E-state index in [1.54, 1.807) is 0 Å². The zero-order valence-corrected chi connectivity index (χ0v) is 31.7. The summed E-state index contributed by atoms with van der Waals surface area (Å²) >= 11 is 0. The Balaban J connectivity index is 1.35. The average Bonchev–Trinajstić information content (AvgIpc) is 3.24. The maximum absolute atomic E-state index is 2.52. The molecule has 0 heterocycles. The smallest absolute Gasteiger partial charge is 0.0540 e. The van der Waals surface area contributed by atoms with Gasteiger partial charge in [-0.15, -0.1) is 0 Å². The molecular formula is C52H46N2. The van der Waals surface area contributed by atoms with Gasteiger partial charge in [-0.25, -0.2) is 0 Å². The van der Waals surface area contributed by atoms with E-state index in [2.05, 4.69) is 195 Å². The number of hydrogen-bond acceptors (Lipinski definition) is 2. The van der Waals surface area contributed by atoms with Crippen molar-refractivity contribution < 1.29 is 0 Å². The molecule has 0 N–H and O–H groups in total. The normalized spacial score (nSPS) is 11.6. The maximum Gasteiger partial charge on any atom is 0.0540 e. The predicted molar refractivity (Wildman–Crippen MR) is 235 cm³/mol. The minimum atomic E-state index is 0.966. The molecule has 0 aliphatic heterocycles. The molecule has 0 aliphatic carbocycles. The minimum Gasteiger partial charge on any atom is -0.309 e. The predicted octanol–water partition coefficient (Wildman–Crippen LogP) is 14.9. The van der Waals surface area contributed by atoms with Gasteiger partial charge < -0.3 is 9.80 Å². The number of hydrogen-bond donors (Lipinski definition) is 0. The molecule has 264 valence electrons. The van der Waals surface area contributed by atoms with E-state index >= 15 is 0 Å². The molecule has 9 aromatic rings. The van der Waals surface area contributed by atoms with E-state index in [9.17, 15) is 0 Å². The summed E-state index contributed by atoms with van der Waals surface area (Å²) in [5.41, 5.74) is 12.8. The average molecular weight is 699 g/mol. The van der Waals surface area contributed by atoms with Crippen molar-refractivity contribution in [3.8, 4) is 0 Å². The van der Waals surface area contributed by atoms with E-state index in [1.807, 2.05) is 0 Å². The van der Waals surface area contributed by atoms with Crippen LogP contribution in [0, 0.1) is 0 Å². The number of anilines is 6. The van der Waals surface area contributed by atoms with Crippen molar-refractivity contribution in [1.29, 1.82) is 0 Å². The highest BCUT2D eigenvalue weighted by atomic mass is 15.2. The zero-order chi connectivity index (χ0) is 36.8. The molecule has 54 heavy (non-hydrogen) atoms. The van der Waals surface area contributed by atoms with Gasteiger partial charge in [-0.05, 0) is 117 Å². The van der Waals surface area contributed by atoms with Crippen molar-refractivity contribution in [3.05, 3.63) is 180 Å². The van der Waals surface area contributed by atoms with Crippen molar-refractivity contribution in [2.75, 3.05) is 9.80 Å². The molecule has 0 aliphatic rings. The summed E-state index contributed by atoms with van der Waals surface area (Å²) in [7, 11) is 0. The topological polar surface area (TPSA) is 6.48 Å². The number of benzene rings is 9. The van der Waals surface area contributed by atoms with Gasteiger partial charge in [0.05, 0.1) is 22.7 Å². The van der Waals surface area contributed by atoms with Crippen LogP contribution in [0.4, 0.5) is 34.1 Å². The third-order valence-electron chi connectivity index (χ3n) is 11.5. The zero-order valence-electron chi connectivity index (χ0n) is 31.7. The lowest BCUT2D eigenvalue weighted by molar-refractivity contribution is 1.06. The monoisotopic (exact) mass is 698 g/mol. The molecule has 0 saturated heterocycles. The Morgan fingerprint density at radius 3 is 0.963 bits per heavy atom. The van der Waals surface area contributed by atoms with Crippen molar-refractivity contribution in [3.63, 3.8) is 0 Å². The maximum atomic E-state index is 2.52. The highest BCUT2D eigenvalue weighted by molar-refractivity contribution is 6.35. The molecule has 2 nitrogen and oxygen atoms in total. The van der Waals surface area contributed by atoms with Gasteiger partial charge in [0.15, 0.2) is 0 Å². The second-order valence-electron chi connectivity index (χ2n) is 14.3. The first kappa shape index (κ1) is 33.7. The lowest BCUT2D eigenvalue weighted by Gasteiger charge is -2.32. The molecular weight excluding hydrogens is 653 g/mol. The van der Waals surface area contributed by atoms with Gasteiger partial charge in [0, 0.05) is 22.1 Å². The Bertz CT molecular complexity index is 2510. The van der Waals surface area contributed by atoms with Gasteiger partial charge in [0.1, 0.15) is 0 Å². The van der Waals surface area contributed by atoms with Crippen LogP contribution >= 0.6 is 0 Å². The molecule has 0 radical (unpaired) electrons. The van der Waals surface area contributed by atoms with E-state index < -0.39 is 0 Å². The summed E-state index contributed by atoms with van der Waals surface area (Å²) in [5, 5.41) is 10.3. The fourth-order valence-corrected chi connectivity index (χ4v) is 9.01. The molecule has 0 bridgehead atoms. The Morgan fingerprint density at radius 2 is 0.611 bits per heavy atom. The van der Waals surface area contributed by atoms with Crippen LogP contribution in [0.2, 0.25) is 0 Å². The second kappa shape index (κ2) is 14.0. The fraction of sp³-hybridized carbons (Fsp3) is 0.154. The van der Waals surface area contributed by atoms with Gasteiger partial charge in [-0.1, -0.05) is 149 Å². The van der Waals surface area contributed by atoms with E-state index in [0.29, 0.717) is 0 Å². The van der Waals surface area contributed by atoms with Crippen molar-refractivity contribution in [2.24, 2.45) is 0 Å². The van der Waals surface area contributed by atoms with Crippen LogP contribution in [0.1, 0.15) is 49.9 Å². The largest absolute Gasteiger partial charge is 0.309 e. The van der Waals surface area contributed by atoms with Gasteiger partial charge in [0.25, 0.3) is 0 Å². The number of fused-ring (bicyclic) bond motifs is 2. The second-order valence-corrected chi connectivity index (χ2v) is 14.3. The molecule has 2 heteroatoms. The fourth-order valence-electron chi connectivity index (χ4n) is 9.01. The first-order valence-corrected chi connectivity index (χ1v) is 19.7. The number of rotatable bonds is 10. The summed E-state index contributed by atoms with van der Waals surface area (Å²) < 4.78 is 0. The number of para-hydroxylation sites is 4. The third-order valence-corrected chi connectivity index (χ3v) is 11.5. The van der Waals surface area contributed by atoms with Crippen LogP contribution in [0.15, 0.2) is 158 Å². The molecule has 0 fully saturated rings. The quantitative estimate of drug-likeness (QED) is 0.104. The lowest BCUT2D eigenvalue weighted by atomic mass is 9.88. The SMILES string of the molecule is CCc1cccc(CC)c1N(c1ccccc1)c1ccc2c3cccc4c(N(c5ccccc5)c5c(CC)cccc5CC)ccc(c5cccc1c52)c43.